The highest BCUT2D eigenvalue weighted by molar-refractivity contribution is 7.14. The van der Waals surface area contributed by atoms with Crippen LogP contribution in [-0.2, 0) is 6.54 Å². The third-order valence-corrected chi connectivity index (χ3v) is 3.61. The number of aliphatic hydroxyl groups excluding tert-OH is 1. The number of hydrogen-bond donors (Lipinski definition) is 3. The fourth-order valence-corrected chi connectivity index (χ4v) is 2.51. The van der Waals surface area contributed by atoms with Crippen molar-refractivity contribution in [1.82, 2.24) is 10.3 Å². The van der Waals surface area contributed by atoms with Crippen LogP contribution in [0.25, 0.3) is 0 Å². The van der Waals surface area contributed by atoms with E-state index in [1.165, 1.54) is 11.3 Å². The lowest BCUT2D eigenvalue weighted by molar-refractivity contribution is 0.0957. The molecule has 1 aromatic rings. The van der Waals surface area contributed by atoms with Crippen LogP contribution in [0.1, 0.15) is 26.5 Å². The van der Waals surface area contributed by atoms with Crippen molar-refractivity contribution in [3.63, 3.8) is 0 Å². The highest BCUT2D eigenvalue weighted by atomic mass is 32.1. The molecule has 4 N–H and O–H groups in total. The zero-order valence-electron chi connectivity index (χ0n) is 10.2. The van der Waals surface area contributed by atoms with Gasteiger partial charge in [0.05, 0.1) is 4.88 Å². The number of nitrogens with one attached hydrogen (secondary N) is 1. The molecule has 0 aliphatic carbocycles. The summed E-state index contributed by atoms with van der Waals surface area (Å²) in [6.07, 6.45) is 0.760. The highest BCUT2D eigenvalue weighted by Crippen LogP contribution is 2.22. The van der Waals surface area contributed by atoms with Gasteiger partial charge in [0.25, 0.3) is 5.91 Å². The first kappa shape index (κ1) is 14.1. The lowest BCUT2D eigenvalue weighted by Gasteiger charge is -2.15. The molecule has 0 radical (unpaired) electrons. The van der Waals surface area contributed by atoms with Gasteiger partial charge in [-0.25, -0.2) is 5.84 Å². The maximum atomic E-state index is 11.4. The van der Waals surface area contributed by atoms with Gasteiger partial charge in [0.15, 0.2) is 0 Å². The van der Waals surface area contributed by atoms with Crippen LogP contribution in [0, 0.1) is 6.92 Å². The van der Waals surface area contributed by atoms with Crippen LogP contribution in [0.3, 0.4) is 0 Å². The molecule has 96 valence electrons. The molecule has 1 heterocycles. The number of aryl methyl sites for hydroxylation is 1. The van der Waals surface area contributed by atoms with Gasteiger partial charge in [-0.1, -0.05) is 0 Å². The summed E-state index contributed by atoms with van der Waals surface area (Å²) in [6, 6.07) is 1.87. The van der Waals surface area contributed by atoms with E-state index in [1.54, 1.807) is 0 Å². The van der Waals surface area contributed by atoms with Gasteiger partial charge in [0.2, 0.25) is 0 Å². The van der Waals surface area contributed by atoms with E-state index in [0.29, 0.717) is 4.88 Å². The fraction of sp³-hybridized carbons (Fsp3) is 0.545. The Balaban J connectivity index is 2.65. The second kappa shape index (κ2) is 6.70. The Bertz CT molecular complexity index is 379. The summed E-state index contributed by atoms with van der Waals surface area (Å²) in [4.78, 5) is 15.2. The van der Waals surface area contributed by atoms with Gasteiger partial charge in [-0.3, -0.25) is 10.2 Å². The molecule has 0 saturated heterocycles. The summed E-state index contributed by atoms with van der Waals surface area (Å²) in [6.45, 7) is 3.81. The Labute approximate surface area is 105 Å². The van der Waals surface area contributed by atoms with E-state index in [0.717, 1.165) is 30.0 Å². The first-order chi connectivity index (χ1) is 8.08. The molecule has 0 fully saturated rings. The van der Waals surface area contributed by atoms with Crippen LogP contribution in [0.5, 0.6) is 0 Å². The van der Waals surface area contributed by atoms with Gasteiger partial charge < -0.3 is 10.0 Å². The molecule has 1 amide bonds. The van der Waals surface area contributed by atoms with Crippen LogP contribution in [-0.4, -0.2) is 36.1 Å². The molecule has 0 aliphatic rings. The van der Waals surface area contributed by atoms with Crippen molar-refractivity contribution in [2.75, 3.05) is 20.2 Å². The van der Waals surface area contributed by atoms with E-state index in [4.69, 9.17) is 10.9 Å². The lowest BCUT2D eigenvalue weighted by Crippen LogP contribution is -2.29. The molecule has 5 nitrogen and oxygen atoms in total. The maximum absolute atomic E-state index is 11.4. The van der Waals surface area contributed by atoms with Crippen molar-refractivity contribution in [2.45, 2.75) is 19.9 Å². The molecule has 0 spiro atoms. The minimum atomic E-state index is -0.248. The van der Waals surface area contributed by atoms with Crippen molar-refractivity contribution in [2.24, 2.45) is 5.84 Å². The Hall–Kier alpha value is -0.950. The van der Waals surface area contributed by atoms with Gasteiger partial charge in [-0.05, 0) is 32.0 Å². The number of nitrogens with zero attached hydrogens (tertiary/aromatic N) is 1. The number of hydrogen-bond acceptors (Lipinski definition) is 5. The van der Waals surface area contributed by atoms with Gasteiger partial charge in [-0.15, -0.1) is 11.3 Å². The van der Waals surface area contributed by atoms with E-state index >= 15 is 0 Å². The Kier molecular flexibility index (Phi) is 5.57. The van der Waals surface area contributed by atoms with E-state index < -0.39 is 0 Å². The van der Waals surface area contributed by atoms with Crippen molar-refractivity contribution < 1.29 is 9.90 Å². The lowest BCUT2D eigenvalue weighted by atomic mass is 10.2. The SMILES string of the molecule is Cc1sc(C(=O)NN)cc1CN(C)CCCO. The quantitative estimate of drug-likeness (QED) is 0.393. The molecule has 0 aromatic carbocycles. The number of nitrogen functional groups attached to an aromatic ring is 1. The van der Waals surface area contributed by atoms with E-state index in [2.05, 4.69) is 10.3 Å². The number of aliphatic hydroxyl groups is 1. The number of rotatable bonds is 6. The van der Waals surface area contributed by atoms with Crippen LogP contribution in [0.15, 0.2) is 6.07 Å². The molecule has 6 heteroatoms. The Morgan fingerprint density at radius 3 is 2.94 bits per heavy atom. The molecule has 0 bridgehead atoms. The third kappa shape index (κ3) is 4.08. The summed E-state index contributed by atoms with van der Waals surface area (Å²) in [5.74, 6) is 4.85. The van der Waals surface area contributed by atoms with Crippen molar-refractivity contribution in [3.05, 3.63) is 21.4 Å². The smallest absolute Gasteiger partial charge is 0.275 e. The number of carbonyl (C=O) groups excluding carboxylic acids is 1. The molecule has 0 unspecified atom stereocenters. The van der Waals surface area contributed by atoms with Gasteiger partial charge >= 0.3 is 0 Å². The molecule has 0 aliphatic heterocycles. The molecular weight excluding hydrogens is 238 g/mol. The van der Waals surface area contributed by atoms with E-state index in [9.17, 15) is 4.79 Å². The summed E-state index contributed by atoms with van der Waals surface area (Å²) >= 11 is 1.44. The summed E-state index contributed by atoms with van der Waals surface area (Å²) < 4.78 is 0. The summed E-state index contributed by atoms with van der Waals surface area (Å²) in [5, 5.41) is 8.75. The normalized spacial score (nSPS) is 10.9. The first-order valence-corrected chi connectivity index (χ1v) is 6.29. The van der Waals surface area contributed by atoms with E-state index in [1.807, 2.05) is 20.0 Å². The molecule has 0 atom stereocenters. The predicted molar refractivity (Wildman–Crippen MR) is 68.7 cm³/mol. The topological polar surface area (TPSA) is 78.6 Å². The Morgan fingerprint density at radius 2 is 2.35 bits per heavy atom. The number of carbonyl (C=O) groups is 1. The summed E-state index contributed by atoms with van der Waals surface area (Å²) in [5.41, 5.74) is 3.27. The number of hydrazine groups is 1. The predicted octanol–water partition coefficient (Wildman–Crippen LogP) is 0.474. The van der Waals surface area contributed by atoms with Crippen molar-refractivity contribution in [3.8, 4) is 0 Å². The van der Waals surface area contributed by atoms with Crippen LogP contribution >= 0.6 is 11.3 Å². The monoisotopic (exact) mass is 257 g/mol. The maximum Gasteiger partial charge on any atom is 0.275 e. The Morgan fingerprint density at radius 1 is 1.65 bits per heavy atom. The van der Waals surface area contributed by atoms with Gasteiger partial charge in [0.1, 0.15) is 0 Å². The van der Waals surface area contributed by atoms with Crippen molar-refractivity contribution in [1.29, 1.82) is 0 Å². The molecule has 17 heavy (non-hydrogen) atoms. The second-order valence-electron chi connectivity index (χ2n) is 3.98. The minimum Gasteiger partial charge on any atom is -0.396 e. The van der Waals surface area contributed by atoms with Gasteiger partial charge in [0, 0.05) is 24.6 Å². The first-order valence-electron chi connectivity index (χ1n) is 5.48. The molecular formula is C11H19N3O2S. The summed E-state index contributed by atoms with van der Waals surface area (Å²) in [7, 11) is 2.00. The van der Waals surface area contributed by atoms with Crippen LogP contribution in [0.2, 0.25) is 0 Å². The largest absolute Gasteiger partial charge is 0.396 e. The molecule has 1 aromatic heterocycles. The highest BCUT2D eigenvalue weighted by Gasteiger charge is 2.12. The minimum absolute atomic E-state index is 0.202. The fourth-order valence-electron chi connectivity index (χ4n) is 1.57. The number of thiophene rings is 1. The average molecular weight is 257 g/mol. The number of nitrogens with two attached hydrogens (primary N) is 1. The molecule has 0 saturated carbocycles. The van der Waals surface area contributed by atoms with Crippen LogP contribution in [0.4, 0.5) is 0 Å². The third-order valence-electron chi connectivity index (χ3n) is 2.51. The second-order valence-corrected chi connectivity index (χ2v) is 5.24. The average Bonchev–Trinajstić information content (AvgIpc) is 2.67. The molecule has 1 rings (SSSR count). The van der Waals surface area contributed by atoms with E-state index in [-0.39, 0.29) is 12.5 Å². The zero-order valence-corrected chi connectivity index (χ0v) is 11.0. The van der Waals surface area contributed by atoms with Crippen LogP contribution < -0.4 is 11.3 Å². The number of amides is 1. The standard InChI is InChI=1S/C11H19N3O2S/c1-8-9(7-14(2)4-3-5-15)6-10(17-8)11(16)13-12/h6,15H,3-5,7,12H2,1-2H3,(H,13,16). The van der Waals surface area contributed by atoms with Gasteiger partial charge in [-0.2, -0.15) is 0 Å². The zero-order chi connectivity index (χ0) is 12.8. The van der Waals surface area contributed by atoms with Crippen molar-refractivity contribution >= 4 is 17.2 Å².